The standard InChI is InChI=1S/C14H20FN3O/c1-10-5-6-11(8-16)9-18(10)14(19)17-13-4-2-3-12(15)7-13/h2-4,7,10-11H,5-6,8-9,16H2,1H3,(H,17,19). The zero-order valence-corrected chi connectivity index (χ0v) is 11.1. The second-order valence-electron chi connectivity index (χ2n) is 5.12. The van der Waals surface area contributed by atoms with Gasteiger partial charge in [-0.3, -0.25) is 0 Å². The molecule has 2 atom stereocenters. The van der Waals surface area contributed by atoms with Crippen molar-refractivity contribution in [1.29, 1.82) is 0 Å². The summed E-state index contributed by atoms with van der Waals surface area (Å²) in [5.74, 6) is -0.00112. The van der Waals surface area contributed by atoms with Gasteiger partial charge in [-0.25, -0.2) is 9.18 Å². The van der Waals surface area contributed by atoms with Crippen LogP contribution in [0, 0.1) is 11.7 Å². The lowest BCUT2D eigenvalue weighted by molar-refractivity contribution is 0.144. The molecule has 1 aliphatic heterocycles. The van der Waals surface area contributed by atoms with Gasteiger partial charge in [-0.05, 0) is 50.4 Å². The van der Waals surface area contributed by atoms with Gasteiger partial charge in [-0.1, -0.05) is 6.07 Å². The number of nitrogens with zero attached hydrogens (tertiary/aromatic N) is 1. The minimum Gasteiger partial charge on any atom is -0.330 e. The van der Waals surface area contributed by atoms with E-state index in [0.29, 0.717) is 24.7 Å². The Labute approximate surface area is 112 Å². The van der Waals surface area contributed by atoms with Crippen molar-refractivity contribution in [3.8, 4) is 0 Å². The van der Waals surface area contributed by atoms with E-state index >= 15 is 0 Å². The van der Waals surface area contributed by atoms with E-state index in [-0.39, 0.29) is 17.9 Å². The summed E-state index contributed by atoms with van der Waals surface area (Å²) in [6.07, 6.45) is 2.01. The maximum Gasteiger partial charge on any atom is 0.322 e. The number of rotatable bonds is 2. The molecule has 19 heavy (non-hydrogen) atoms. The van der Waals surface area contributed by atoms with Crippen LogP contribution < -0.4 is 11.1 Å². The molecule has 1 aromatic carbocycles. The topological polar surface area (TPSA) is 58.4 Å². The van der Waals surface area contributed by atoms with E-state index in [0.717, 1.165) is 12.8 Å². The van der Waals surface area contributed by atoms with Crippen LogP contribution in [-0.2, 0) is 0 Å². The van der Waals surface area contributed by atoms with Crippen molar-refractivity contribution < 1.29 is 9.18 Å². The summed E-state index contributed by atoms with van der Waals surface area (Å²) < 4.78 is 13.1. The third-order valence-corrected chi connectivity index (χ3v) is 3.65. The Morgan fingerprint density at radius 3 is 3.00 bits per heavy atom. The van der Waals surface area contributed by atoms with Gasteiger partial charge >= 0.3 is 6.03 Å². The van der Waals surface area contributed by atoms with Crippen molar-refractivity contribution in [3.63, 3.8) is 0 Å². The molecule has 104 valence electrons. The highest BCUT2D eigenvalue weighted by atomic mass is 19.1. The average Bonchev–Trinajstić information content (AvgIpc) is 2.39. The van der Waals surface area contributed by atoms with Crippen LogP contribution in [0.4, 0.5) is 14.9 Å². The molecule has 5 heteroatoms. The van der Waals surface area contributed by atoms with Crippen molar-refractivity contribution >= 4 is 11.7 Å². The maximum atomic E-state index is 13.1. The number of nitrogens with two attached hydrogens (primary N) is 1. The Balaban J connectivity index is 2.02. The second-order valence-corrected chi connectivity index (χ2v) is 5.12. The van der Waals surface area contributed by atoms with Crippen LogP contribution in [0.2, 0.25) is 0 Å². The molecule has 0 bridgehead atoms. The van der Waals surface area contributed by atoms with E-state index < -0.39 is 0 Å². The fraction of sp³-hybridized carbons (Fsp3) is 0.500. The van der Waals surface area contributed by atoms with Crippen LogP contribution in [0.3, 0.4) is 0 Å². The van der Waals surface area contributed by atoms with Crippen LogP contribution in [0.25, 0.3) is 0 Å². The molecule has 1 aliphatic rings. The Kier molecular flexibility index (Phi) is 4.37. The van der Waals surface area contributed by atoms with Crippen LogP contribution in [0.1, 0.15) is 19.8 Å². The molecule has 4 nitrogen and oxygen atoms in total. The Hall–Kier alpha value is -1.62. The Morgan fingerprint density at radius 2 is 2.32 bits per heavy atom. The number of carbonyl (C=O) groups is 1. The lowest BCUT2D eigenvalue weighted by Crippen LogP contribution is -2.48. The van der Waals surface area contributed by atoms with Gasteiger partial charge in [0.1, 0.15) is 5.82 Å². The number of halogens is 1. The zero-order valence-electron chi connectivity index (χ0n) is 11.1. The molecule has 1 saturated heterocycles. The number of nitrogens with one attached hydrogen (secondary N) is 1. The van der Waals surface area contributed by atoms with Crippen molar-refractivity contribution in [3.05, 3.63) is 30.1 Å². The molecule has 0 radical (unpaired) electrons. The zero-order chi connectivity index (χ0) is 13.8. The number of amides is 2. The summed E-state index contributed by atoms with van der Waals surface area (Å²) in [6, 6.07) is 5.92. The van der Waals surface area contributed by atoms with Gasteiger partial charge in [0.15, 0.2) is 0 Å². The number of anilines is 1. The lowest BCUT2D eigenvalue weighted by atomic mass is 9.94. The van der Waals surface area contributed by atoms with Crippen LogP contribution in [0.5, 0.6) is 0 Å². The predicted molar refractivity (Wildman–Crippen MR) is 73.4 cm³/mol. The third-order valence-electron chi connectivity index (χ3n) is 3.65. The van der Waals surface area contributed by atoms with Gasteiger partial charge in [0.05, 0.1) is 0 Å². The Bertz CT molecular complexity index is 452. The summed E-state index contributed by atoms with van der Waals surface area (Å²) in [5, 5.41) is 2.73. The molecule has 0 spiro atoms. The molecular weight excluding hydrogens is 245 g/mol. The molecule has 0 saturated carbocycles. The van der Waals surface area contributed by atoms with Crippen molar-refractivity contribution in [1.82, 2.24) is 4.90 Å². The van der Waals surface area contributed by atoms with E-state index in [9.17, 15) is 9.18 Å². The Morgan fingerprint density at radius 1 is 1.53 bits per heavy atom. The number of piperidine rings is 1. The first-order valence-corrected chi connectivity index (χ1v) is 6.63. The quantitative estimate of drug-likeness (QED) is 0.862. The smallest absolute Gasteiger partial charge is 0.322 e. The van der Waals surface area contributed by atoms with Crippen LogP contribution in [0.15, 0.2) is 24.3 Å². The number of urea groups is 1. The van der Waals surface area contributed by atoms with Crippen molar-refractivity contribution in [2.75, 3.05) is 18.4 Å². The van der Waals surface area contributed by atoms with E-state index in [2.05, 4.69) is 5.32 Å². The molecule has 1 fully saturated rings. The van der Waals surface area contributed by atoms with E-state index in [1.165, 1.54) is 12.1 Å². The number of hydrogen-bond donors (Lipinski definition) is 2. The lowest BCUT2D eigenvalue weighted by Gasteiger charge is -2.37. The summed E-state index contributed by atoms with van der Waals surface area (Å²) in [5.41, 5.74) is 6.15. The second kappa shape index (κ2) is 6.02. The van der Waals surface area contributed by atoms with Crippen molar-refractivity contribution in [2.24, 2.45) is 11.7 Å². The number of carbonyl (C=O) groups excluding carboxylic acids is 1. The number of hydrogen-bond acceptors (Lipinski definition) is 2. The molecule has 3 N–H and O–H groups in total. The summed E-state index contributed by atoms with van der Waals surface area (Å²) in [4.78, 5) is 14.0. The third kappa shape index (κ3) is 3.44. The van der Waals surface area contributed by atoms with E-state index in [4.69, 9.17) is 5.73 Å². The first kappa shape index (κ1) is 13.8. The normalized spacial score (nSPS) is 23.2. The first-order valence-electron chi connectivity index (χ1n) is 6.63. The molecule has 0 aliphatic carbocycles. The van der Waals surface area contributed by atoms with Crippen molar-refractivity contribution in [2.45, 2.75) is 25.8 Å². The van der Waals surface area contributed by atoms with Crippen LogP contribution in [-0.4, -0.2) is 30.1 Å². The maximum absolute atomic E-state index is 13.1. The molecular formula is C14H20FN3O. The number of likely N-dealkylation sites (tertiary alicyclic amines) is 1. The van der Waals surface area contributed by atoms with E-state index in [1.807, 2.05) is 6.92 Å². The molecule has 2 amide bonds. The minimum absolute atomic E-state index is 0.184. The molecule has 2 unspecified atom stereocenters. The van der Waals surface area contributed by atoms with Gasteiger partial charge in [0.25, 0.3) is 0 Å². The molecule has 0 aromatic heterocycles. The fourth-order valence-electron chi connectivity index (χ4n) is 2.42. The van der Waals surface area contributed by atoms with Gasteiger partial charge in [0, 0.05) is 18.3 Å². The summed E-state index contributed by atoms with van der Waals surface area (Å²) in [6.45, 7) is 3.28. The summed E-state index contributed by atoms with van der Waals surface area (Å²) >= 11 is 0. The first-order chi connectivity index (χ1) is 9.10. The fourth-order valence-corrected chi connectivity index (χ4v) is 2.42. The largest absolute Gasteiger partial charge is 0.330 e. The average molecular weight is 265 g/mol. The highest BCUT2D eigenvalue weighted by Gasteiger charge is 2.28. The predicted octanol–water partition coefficient (Wildman–Crippen LogP) is 2.42. The highest BCUT2D eigenvalue weighted by Crippen LogP contribution is 2.22. The van der Waals surface area contributed by atoms with Gasteiger partial charge in [-0.2, -0.15) is 0 Å². The van der Waals surface area contributed by atoms with Gasteiger partial charge in [0.2, 0.25) is 0 Å². The minimum atomic E-state index is -0.357. The van der Waals surface area contributed by atoms with E-state index in [1.54, 1.807) is 17.0 Å². The summed E-state index contributed by atoms with van der Waals surface area (Å²) in [7, 11) is 0. The van der Waals surface area contributed by atoms with Crippen LogP contribution >= 0.6 is 0 Å². The molecule has 1 heterocycles. The monoisotopic (exact) mass is 265 g/mol. The highest BCUT2D eigenvalue weighted by molar-refractivity contribution is 5.89. The molecule has 1 aromatic rings. The van der Waals surface area contributed by atoms with Gasteiger partial charge < -0.3 is 16.0 Å². The number of benzene rings is 1. The molecule has 2 rings (SSSR count). The van der Waals surface area contributed by atoms with Gasteiger partial charge in [-0.15, -0.1) is 0 Å². The SMILES string of the molecule is CC1CCC(CN)CN1C(=O)Nc1cccc(F)c1.